The van der Waals surface area contributed by atoms with E-state index < -0.39 is 46.0 Å². The summed E-state index contributed by atoms with van der Waals surface area (Å²) in [5.41, 5.74) is 0.00291. The van der Waals surface area contributed by atoms with E-state index in [1.807, 2.05) is 6.92 Å². The summed E-state index contributed by atoms with van der Waals surface area (Å²) in [6.45, 7) is 3.74. The van der Waals surface area contributed by atoms with Crippen LogP contribution >= 0.6 is 0 Å². The highest BCUT2D eigenvalue weighted by Gasteiger charge is 2.24. The van der Waals surface area contributed by atoms with Crippen LogP contribution in [0.5, 0.6) is 11.5 Å². The molecule has 0 heterocycles. The molecule has 2 nitrogen and oxygen atoms in total. The van der Waals surface area contributed by atoms with Crippen molar-refractivity contribution in [1.29, 1.82) is 0 Å². The van der Waals surface area contributed by atoms with Gasteiger partial charge in [0.1, 0.15) is 0 Å². The van der Waals surface area contributed by atoms with Gasteiger partial charge < -0.3 is 9.47 Å². The minimum Gasteiger partial charge on any atom is -0.490 e. The molecule has 4 rings (SSSR count). The molecule has 1 aliphatic carbocycles. The molecule has 3 aromatic rings. The van der Waals surface area contributed by atoms with Gasteiger partial charge in [0.15, 0.2) is 34.8 Å². The van der Waals surface area contributed by atoms with Gasteiger partial charge in [0, 0.05) is 16.7 Å². The molecule has 0 saturated carbocycles. The van der Waals surface area contributed by atoms with Crippen molar-refractivity contribution in [2.24, 2.45) is 5.92 Å². The molecule has 8 heteroatoms. The maximum absolute atomic E-state index is 15.1. The zero-order chi connectivity index (χ0) is 27.4. The summed E-state index contributed by atoms with van der Waals surface area (Å²) in [6, 6.07) is 7.77. The largest absolute Gasteiger partial charge is 0.490 e. The lowest BCUT2D eigenvalue weighted by atomic mass is 9.86. The minimum atomic E-state index is -1.31. The van der Waals surface area contributed by atoms with Gasteiger partial charge in [0.05, 0.1) is 13.2 Å². The lowest BCUT2D eigenvalue weighted by Crippen LogP contribution is -2.16. The molecule has 202 valence electrons. The van der Waals surface area contributed by atoms with E-state index in [1.165, 1.54) is 43.3 Å². The van der Waals surface area contributed by atoms with Gasteiger partial charge in [0.2, 0.25) is 11.6 Å². The zero-order valence-electron chi connectivity index (χ0n) is 21.2. The molecule has 0 N–H and O–H groups in total. The maximum Gasteiger partial charge on any atom is 0.201 e. The van der Waals surface area contributed by atoms with Crippen molar-refractivity contribution >= 4 is 5.57 Å². The molecule has 0 radical (unpaired) electrons. The van der Waals surface area contributed by atoms with Crippen molar-refractivity contribution in [2.75, 3.05) is 13.2 Å². The van der Waals surface area contributed by atoms with Gasteiger partial charge in [-0.05, 0) is 67.9 Å². The Morgan fingerprint density at radius 3 is 1.97 bits per heavy atom. The first-order valence-electron chi connectivity index (χ1n) is 12.6. The van der Waals surface area contributed by atoms with Crippen LogP contribution in [0, 0.1) is 47.7 Å². The molecular formula is C30H28F6O2. The molecule has 1 atom stereocenters. The lowest BCUT2D eigenvalue weighted by molar-refractivity contribution is 0.228. The Labute approximate surface area is 217 Å². The number of benzene rings is 3. The van der Waals surface area contributed by atoms with E-state index in [4.69, 9.17) is 9.47 Å². The van der Waals surface area contributed by atoms with E-state index in [0.29, 0.717) is 31.3 Å². The number of allylic oxidation sites excluding steroid dienone is 2. The fraction of sp³-hybridized carbons (Fsp3) is 0.333. The second-order valence-electron chi connectivity index (χ2n) is 9.42. The van der Waals surface area contributed by atoms with E-state index >= 15 is 8.78 Å². The van der Waals surface area contributed by atoms with Crippen LogP contribution in [0.1, 0.15) is 50.2 Å². The Kier molecular flexibility index (Phi) is 8.69. The van der Waals surface area contributed by atoms with Crippen LogP contribution in [0.4, 0.5) is 26.3 Å². The zero-order valence-corrected chi connectivity index (χ0v) is 21.2. The normalized spacial score (nSPS) is 15.4. The Morgan fingerprint density at radius 2 is 1.29 bits per heavy atom. The second-order valence-corrected chi connectivity index (χ2v) is 9.42. The predicted molar refractivity (Wildman–Crippen MR) is 134 cm³/mol. The molecule has 3 aromatic carbocycles. The minimum absolute atomic E-state index is 0.0233. The van der Waals surface area contributed by atoms with Crippen molar-refractivity contribution in [3.05, 3.63) is 88.5 Å². The Balaban J connectivity index is 1.47. The van der Waals surface area contributed by atoms with Crippen molar-refractivity contribution in [2.45, 2.75) is 46.0 Å². The summed E-state index contributed by atoms with van der Waals surface area (Å²) in [4.78, 5) is 0. The molecular weight excluding hydrogens is 506 g/mol. The van der Waals surface area contributed by atoms with Gasteiger partial charge in [-0.15, -0.1) is 0 Å². The SMILES string of the molecule is CCCCOc1ccc(-c2ccc(C3=CCC(COc4ccc(C)c(F)c4F)CC3)c(F)c2F)c(F)c1F. The van der Waals surface area contributed by atoms with Gasteiger partial charge in [0.25, 0.3) is 0 Å². The van der Waals surface area contributed by atoms with Crippen LogP contribution in [-0.2, 0) is 0 Å². The fourth-order valence-electron chi connectivity index (χ4n) is 4.42. The van der Waals surface area contributed by atoms with E-state index in [2.05, 4.69) is 0 Å². The Morgan fingerprint density at radius 1 is 0.711 bits per heavy atom. The summed E-state index contributed by atoms with van der Waals surface area (Å²) in [6.07, 6.45) is 4.67. The van der Waals surface area contributed by atoms with E-state index in [9.17, 15) is 17.6 Å². The van der Waals surface area contributed by atoms with Gasteiger partial charge in [-0.25, -0.2) is 17.6 Å². The Bertz CT molecular complexity index is 1350. The van der Waals surface area contributed by atoms with E-state index in [0.717, 1.165) is 6.42 Å². The topological polar surface area (TPSA) is 18.5 Å². The van der Waals surface area contributed by atoms with Crippen LogP contribution in [0.3, 0.4) is 0 Å². The summed E-state index contributed by atoms with van der Waals surface area (Å²) in [5, 5.41) is 0. The van der Waals surface area contributed by atoms with Crippen LogP contribution in [0.2, 0.25) is 0 Å². The number of rotatable bonds is 9. The highest BCUT2D eigenvalue weighted by atomic mass is 19.2. The summed E-state index contributed by atoms with van der Waals surface area (Å²) >= 11 is 0. The molecule has 0 amide bonds. The molecule has 0 saturated heterocycles. The highest BCUT2D eigenvalue weighted by molar-refractivity contribution is 5.72. The smallest absolute Gasteiger partial charge is 0.201 e. The summed E-state index contributed by atoms with van der Waals surface area (Å²) in [5.74, 6) is -7.45. The first-order chi connectivity index (χ1) is 18.2. The van der Waals surface area contributed by atoms with Crippen molar-refractivity contribution in [3.8, 4) is 22.6 Å². The number of aryl methyl sites for hydroxylation is 1. The number of unbranched alkanes of at least 4 members (excludes halogenated alkanes) is 1. The summed E-state index contributed by atoms with van der Waals surface area (Å²) in [7, 11) is 0. The van der Waals surface area contributed by atoms with Crippen LogP contribution in [0.25, 0.3) is 16.7 Å². The molecule has 0 aliphatic heterocycles. The fourth-order valence-corrected chi connectivity index (χ4v) is 4.42. The molecule has 0 bridgehead atoms. The third-order valence-electron chi connectivity index (χ3n) is 6.75. The molecule has 0 aromatic heterocycles. The molecule has 1 unspecified atom stereocenters. The van der Waals surface area contributed by atoms with E-state index in [1.54, 1.807) is 6.08 Å². The van der Waals surface area contributed by atoms with Gasteiger partial charge >= 0.3 is 0 Å². The number of halogens is 6. The average molecular weight is 535 g/mol. The second kappa shape index (κ2) is 12.0. The van der Waals surface area contributed by atoms with Gasteiger partial charge in [-0.1, -0.05) is 37.6 Å². The molecule has 1 aliphatic rings. The average Bonchev–Trinajstić information content (AvgIpc) is 2.92. The summed E-state index contributed by atoms with van der Waals surface area (Å²) < 4.78 is 97.8. The highest BCUT2D eigenvalue weighted by Crippen LogP contribution is 2.37. The first kappa shape index (κ1) is 27.6. The third kappa shape index (κ3) is 5.69. The quantitative estimate of drug-likeness (QED) is 0.202. The van der Waals surface area contributed by atoms with Crippen molar-refractivity contribution < 1.29 is 35.8 Å². The van der Waals surface area contributed by atoms with Gasteiger partial charge in [-0.3, -0.25) is 0 Å². The monoisotopic (exact) mass is 534 g/mol. The molecule has 0 spiro atoms. The third-order valence-corrected chi connectivity index (χ3v) is 6.75. The lowest BCUT2D eigenvalue weighted by Gasteiger charge is -2.23. The van der Waals surface area contributed by atoms with E-state index in [-0.39, 0.29) is 41.8 Å². The number of hydrogen-bond donors (Lipinski definition) is 0. The van der Waals surface area contributed by atoms with Crippen molar-refractivity contribution in [3.63, 3.8) is 0 Å². The van der Waals surface area contributed by atoms with Crippen molar-refractivity contribution in [1.82, 2.24) is 0 Å². The number of ether oxygens (including phenoxy) is 2. The maximum atomic E-state index is 15.1. The molecule has 0 fully saturated rings. The standard InChI is InChI=1S/C30H28F6O2/c1-3-4-15-37-23-14-12-22(28(34)30(23)36)21-11-10-20(26(32)27(21)33)19-8-6-18(7-9-19)16-38-24-13-5-17(2)25(31)29(24)35/h5,8,10-14,18H,3-4,6-7,9,15-16H2,1-2H3. The van der Waals surface area contributed by atoms with Gasteiger partial charge in [-0.2, -0.15) is 8.78 Å². The number of hydrogen-bond acceptors (Lipinski definition) is 2. The van der Waals surface area contributed by atoms with Crippen LogP contribution in [0.15, 0.2) is 42.5 Å². The van der Waals surface area contributed by atoms with Crippen LogP contribution in [-0.4, -0.2) is 13.2 Å². The molecule has 38 heavy (non-hydrogen) atoms. The Hall–Kier alpha value is -3.42. The van der Waals surface area contributed by atoms with Crippen LogP contribution < -0.4 is 9.47 Å². The first-order valence-corrected chi connectivity index (χ1v) is 12.6. The predicted octanol–water partition coefficient (Wildman–Crippen LogP) is 8.94.